The Kier molecular flexibility index (Phi) is 4.37. The summed E-state index contributed by atoms with van der Waals surface area (Å²) in [6.07, 6.45) is 1.66. The van der Waals surface area contributed by atoms with Crippen molar-refractivity contribution in [3.63, 3.8) is 0 Å². The molecule has 1 atom stereocenters. The molecule has 2 rings (SSSR count). The molecule has 0 aliphatic heterocycles. The van der Waals surface area contributed by atoms with Crippen LogP contribution in [0, 0.1) is 0 Å². The highest BCUT2D eigenvalue weighted by Crippen LogP contribution is 2.14. The van der Waals surface area contributed by atoms with E-state index >= 15 is 0 Å². The summed E-state index contributed by atoms with van der Waals surface area (Å²) in [7, 11) is 1.80. The lowest BCUT2D eigenvalue weighted by molar-refractivity contribution is -0.122. The molecule has 1 heterocycles. The van der Waals surface area contributed by atoms with Gasteiger partial charge in [0.15, 0.2) is 0 Å². The van der Waals surface area contributed by atoms with Gasteiger partial charge in [0.25, 0.3) is 0 Å². The van der Waals surface area contributed by atoms with Crippen LogP contribution in [0.25, 0.3) is 0 Å². The molecule has 0 saturated carbocycles. The molecular formula is C15H17N3O3. The van der Waals surface area contributed by atoms with Crippen molar-refractivity contribution in [1.29, 1.82) is 0 Å². The number of nitrogens with zero attached hydrogens (tertiary/aromatic N) is 2. The average molecular weight is 287 g/mol. The third-order valence-electron chi connectivity index (χ3n) is 3.36. The van der Waals surface area contributed by atoms with Crippen molar-refractivity contribution < 1.29 is 14.7 Å². The summed E-state index contributed by atoms with van der Waals surface area (Å²) in [5.41, 5.74) is 1.92. The number of carboxylic acid groups (broad SMARTS) is 1. The van der Waals surface area contributed by atoms with E-state index in [1.54, 1.807) is 30.1 Å². The first-order valence-electron chi connectivity index (χ1n) is 6.57. The third-order valence-corrected chi connectivity index (χ3v) is 3.36. The molecule has 6 nitrogen and oxygen atoms in total. The van der Waals surface area contributed by atoms with Crippen LogP contribution in [0.4, 0.5) is 0 Å². The van der Waals surface area contributed by atoms with Crippen LogP contribution in [0.2, 0.25) is 0 Å². The number of carbonyl (C=O) groups is 2. The van der Waals surface area contributed by atoms with Crippen LogP contribution in [0.15, 0.2) is 36.5 Å². The van der Waals surface area contributed by atoms with Gasteiger partial charge in [-0.15, -0.1) is 0 Å². The van der Waals surface area contributed by atoms with E-state index < -0.39 is 5.97 Å². The number of nitrogens with one attached hydrogen (secondary N) is 1. The van der Waals surface area contributed by atoms with Crippen molar-refractivity contribution in [3.8, 4) is 0 Å². The highest BCUT2D eigenvalue weighted by Gasteiger charge is 2.17. The quantitative estimate of drug-likeness (QED) is 0.873. The van der Waals surface area contributed by atoms with Crippen LogP contribution in [0.3, 0.4) is 0 Å². The molecule has 6 heteroatoms. The Morgan fingerprint density at radius 1 is 1.29 bits per heavy atom. The van der Waals surface area contributed by atoms with Crippen molar-refractivity contribution in [2.75, 3.05) is 0 Å². The first kappa shape index (κ1) is 14.8. The van der Waals surface area contributed by atoms with Gasteiger partial charge in [-0.2, -0.15) is 5.10 Å². The molecule has 0 aliphatic rings. The number of aromatic nitrogens is 2. The highest BCUT2D eigenvalue weighted by atomic mass is 16.4. The van der Waals surface area contributed by atoms with Crippen LogP contribution >= 0.6 is 0 Å². The second-order valence-electron chi connectivity index (χ2n) is 4.82. The van der Waals surface area contributed by atoms with Gasteiger partial charge < -0.3 is 10.4 Å². The number of aromatic carboxylic acids is 1. The molecule has 1 amide bonds. The maximum atomic E-state index is 12.1. The molecule has 0 fully saturated rings. The summed E-state index contributed by atoms with van der Waals surface area (Å²) in [5.74, 6) is -1.35. The minimum atomic E-state index is -0.963. The van der Waals surface area contributed by atoms with Gasteiger partial charge in [-0.05, 0) is 30.7 Å². The summed E-state index contributed by atoms with van der Waals surface area (Å²) in [6, 6.07) is 8.24. The van der Waals surface area contributed by atoms with Crippen molar-refractivity contribution >= 4 is 11.9 Å². The summed E-state index contributed by atoms with van der Waals surface area (Å²) in [5, 5.41) is 15.7. The zero-order chi connectivity index (χ0) is 15.4. The minimum absolute atomic E-state index is 0.0964. The van der Waals surface area contributed by atoms with Gasteiger partial charge in [0, 0.05) is 19.8 Å². The van der Waals surface area contributed by atoms with E-state index in [9.17, 15) is 9.59 Å². The SMILES string of the molecule is CC(C(=O)NCc1ccc(C(=O)O)cc1)c1ccnn1C. The maximum Gasteiger partial charge on any atom is 0.335 e. The number of rotatable bonds is 5. The third kappa shape index (κ3) is 3.47. The van der Waals surface area contributed by atoms with Crippen molar-refractivity contribution in [2.24, 2.45) is 7.05 Å². The Morgan fingerprint density at radius 2 is 1.95 bits per heavy atom. The fourth-order valence-corrected chi connectivity index (χ4v) is 2.05. The van der Waals surface area contributed by atoms with E-state index in [0.29, 0.717) is 6.54 Å². The second-order valence-corrected chi connectivity index (χ2v) is 4.82. The van der Waals surface area contributed by atoms with Gasteiger partial charge in [-0.1, -0.05) is 12.1 Å². The Hall–Kier alpha value is -2.63. The molecule has 1 aromatic heterocycles. The molecule has 2 aromatic rings. The maximum absolute atomic E-state index is 12.1. The molecule has 0 bridgehead atoms. The smallest absolute Gasteiger partial charge is 0.335 e. The monoisotopic (exact) mass is 287 g/mol. The van der Waals surface area contributed by atoms with Gasteiger partial charge in [-0.25, -0.2) is 4.79 Å². The summed E-state index contributed by atoms with van der Waals surface area (Å²) in [4.78, 5) is 22.8. The van der Waals surface area contributed by atoms with Crippen molar-refractivity contribution in [3.05, 3.63) is 53.3 Å². The molecule has 110 valence electrons. The normalized spacial score (nSPS) is 11.9. The molecule has 21 heavy (non-hydrogen) atoms. The first-order chi connectivity index (χ1) is 9.99. The molecule has 1 aromatic carbocycles. The Bertz CT molecular complexity index is 646. The molecule has 0 aliphatic carbocycles. The van der Waals surface area contributed by atoms with Crippen molar-refractivity contribution in [1.82, 2.24) is 15.1 Å². The van der Waals surface area contributed by atoms with Gasteiger partial charge >= 0.3 is 5.97 Å². The van der Waals surface area contributed by atoms with Gasteiger partial charge in [-0.3, -0.25) is 9.48 Å². The van der Waals surface area contributed by atoms with E-state index in [1.807, 2.05) is 13.0 Å². The Balaban J connectivity index is 1.95. The topological polar surface area (TPSA) is 84.2 Å². The van der Waals surface area contributed by atoms with E-state index in [4.69, 9.17) is 5.11 Å². The summed E-state index contributed by atoms with van der Waals surface area (Å²) < 4.78 is 1.67. The predicted octanol–water partition coefficient (Wildman–Crippen LogP) is 1.54. The Labute approximate surface area is 122 Å². The number of hydrogen-bond acceptors (Lipinski definition) is 3. The van der Waals surface area contributed by atoms with Gasteiger partial charge in [0.1, 0.15) is 0 Å². The molecule has 0 saturated heterocycles. The van der Waals surface area contributed by atoms with E-state index in [-0.39, 0.29) is 17.4 Å². The van der Waals surface area contributed by atoms with Crippen molar-refractivity contribution in [2.45, 2.75) is 19.4 Å². The minimum Gasteiger partial charge on any atom is -0.478 e. The predicted molar refractivity (Wildman–Crippen MR) is 76.9 cm³/mol. The molecule has 0 radical (unpaired) electrons. The first-order valence-corrected chi connectivity index (χ1v) is 6.57. The zero-order valence-corrected chi connectivity index (χ0v) is 11.9. The molecular weight excluding hydrogens is 270 g/mol. The van der Waals surface area contributed by atoms with E-state index in [0.717, 1.165) is 11.3 Å². The van der Waals surface area contributed by atoms with Crippen LogP contribution < -0.4 is 5.32 Å². The molecule has 2 N–H and O–H groups in total. The second kappa shape index (κ2) is 6.21. The zero-order valence-electron chi connectivity index (χ0n) is 11.9. The lowest BCUT2D eigenvalue weighted by atomic mass is 10.1. The highest BCUT2D eigenvalue weighted by molar-refractivity contribution is 5.87. The fourth-order valence-electron chi connectivity index (χ4n) is 2.05. The summed E-state index contributed by atoms with van der Waals surface area (Å²) in [6.45, 7) is 2.18. The standard InChI is InChI=1S/C15H17N3O3/c1-10(13-7-8-17-18(13)2)14(19)16-9-11-3-5-12(6-4-11)15(20)21/h3-8,10H,9H2,1-2H3,(H,16,19)(H,20,21). The number of aryl methyl sites for hydroxylation is 1. The average Bonchev–Trinajstić information content (AvgIpc) is 2.90. The summed E-state index contributed by atoms with van der Waals surface area (Å²) >= 11 is 0. The van der Waals surface area contributed by atoms with Gasteiger partial charge in [0.2, 0.25) is 5.91 Å². The van der Waals surface area contributed by atoms with Crippen LogP contribution in [-0.4, -0.2) is 26.8 Å². The lowest BCUT2D eigenvalue weighted by Crippen LogP contribution is -2.28. The number of benzene rings is 1. The lowest BCUT2D eigenvalue weighted by Gasteiger charge is -2.12. The largest absolute Gasteiger partial charge is 0.478 e. The number of hydrogen-bond donors (Lipinski definition) is 2. The number of carboxylic acids is 1. The van der Waals surface area contributed by atoms with E-state index in [1.165, 1.54) is 12.1 Å². The molecule has 0 spiro atoms. The van der Waals surface area contributed by atoms with Gasteiger partial charge in [0.05, 0.1) is 17.2 Å². The van der Waals surface area contributed by atoms with Crippen LogP contribution in [0.5, 0.6) is 0 Å². The fraction of sp³-hybridized carbons (Fsp3) is 0.267. The molecule has 1 unspecified atom stereocenters. The Morgan fingerprint density at radius 3 is 2.48 bits per heavy atom. The number of carbonyl (C=O) groups excluding carboxylic acids is 1. The number of amides is 1. The van der Waals surface area contributed by atoms with E-state index in [2.05, 4.69) is 10.4 Å². The van der Waals surface area contributed by atoms with Crippen LogP contribution in [-0.2, 0) is 18.4 Å². The van der Waals surface area contributed by atoms with Crippen LogP contribution in [0.1, 0.15) is 34.5 Å².